The maximum atomic E-state index is 13.4. The number of nitrogens with zero attached hydrogens (tertiary/aromatic N) is 1. The van der Waals surface area contributed by atoms with E-state index in [0.29, 0.717) is 29.7 Å². The van der Waals surface area contributed by atoms with Gasteiger partial charge in [-0.1, -0.05) is 27.7 Å². The minimum atomic E-state index is -1.35. The lowest BCUT2D eigenvalue weighted by molar-refractivity contribution is -0.246. The number of aliphatic carboxylic acids is 2. The predicted molar refractivity (Wildman–Crippen MR) is 143 cm³/mol. The van der Waals surface area contributed by atoms with Crippen LogP contribution in [0.4, 0.5) is 0 Å². The second kappa shape index (κ2) is 9.61. The fourth-order valence-electron chi connectivity index (χ4n) is 8.75. The van der Waals surface area contributed by atoms with Crippen LogP contribution in [-0.2, 0) is 32.1 Å². The number of aliphatic hydroxyl groups is 1. The molecule has 2 saturated carbocycles. The molecule has 7 atom stereocenters. The van der Waals surface area contributed by atoms with Gasteiger partial charge in [-0.15, -0.1) is 0 Å². The Bertz CT molecular complexity index is 1320. The number of hydrogen-bond donors (Lipinski definition) is 4. The van der Waals surface area contributed by atoms with Crippen molar-refractivity contribution in [2.45, 2.75) is 104 Å². The predicted octanol–water partition coefficient (Wildman–Crippen LogP) is 3.11. The number of aromatic hydroxyl groups is 1. The van der Waals surface area contributed by atoms with E-state index in [4.69, 9.17) is 14.6 Å². The monoisotopic (exact) mass is 573 g/mol. The number of carboxylic acids is 2. The summed E-state index contributed by atoms with van der Waals surface area (Å²) in [7, 11) is 0. The number of phenols is 1. The summed E-state index contributed by atoms with van der Waals surface area (Å²) in [5, 5.41) is 41.4. The largest absolute Gasteiger partial charge is 0.508 e. The number of fused-ring (bicyclic) bond motifs is 5. The fraction of sp³-hybridized carbons (Fsp3) is 0.667. The third-order valence-electron chi connectivity index (χ3n) is 10.6. The highest BCUT2D eigenvalue weighted by Gasteiger charge is 2.69. The lowest BCUT2D eigenvalue weighted by Crippen LogP contribution is -2.69. The fourth-order valence-corrected chi connectivity index (χ4v) is 8.75. The van der Waals surface area contributed by atoms with E-state index in [1.807, 2.05) is 13.8 Å². The quantitative estimate of drug-likeness (QED) is 0.371. The minimum Gasteiger partial charge on any atom is -0.508 e. The summed E-state index contributed by atoms with van der Waals surface area (Å²) in [6, 6.07) is 0.0146. The summed E-state index contributed by atoms with van der Waals surface area (Å²) >= 11 is 0. The van der Waals surface area contributed by atoms with Crippen LogP contribution in [0.1, 0.15) is 88.2 Å². The molecule has 11 heteroatoms. The Morgan fingerprint density at radius 3 is 2.46 bits per heavy atom. The van der Waals surface area contributed by atoms with Crippen molar-refractivity contribution in [1.29, 1.82) is 0 Å². The first-order valence-electron chi connectivity index (χ1n) is 14.2. The molecule has 4 N–H and O–H groups in total. The van der Waals surface area contributed by atoms with Gasteiger partial charge in [0.15, 0.2) is 0 Å². The number of hydrogen-bond acceptors (Lipinski definition) is 8. The zero-order valence-electron chi connectivity index (χ0n) is 24.1. The number of amides is 1. The Hall–Kier alpha value is -3.34. The number of rotatable bonds is 6. The standard InChI is InChI=1S/C30H39NO10/c1-14-6-8-22-28(3,4)25(40-15(2)32)21(34)12-29(22,5)30(14)11-17-20(33)10-16-18(24(17)41-30)13-31(26(16)37)19(27(38)39)7-9-23(35)36/h10,14,19,21-22,25,33-34H,6-9,11-13H2,1-5H3,(H,35,36)(H,38,39)/t14-,19-,21-,22+,25+,29-,30+/m0/s1. The van der Waals surface area contributed by atoms with Crippen LogP contribution < -0.4 is 4.74 Å². The molecule has 1 amide bonds. The molecule has 0 aromatic heterocycles. The van der Waals surface area contributed by atoms with Crippen LogP contribution in [0.25, 0.3) is 0 Å². The lowest BCUT2D eigenvalue weighted by atomic mass is 9.43. The van der Waals surface area contributed by atoms with Gasteiger partial charge in [0.25, 0.3) is 5.91 Å². The van der Waals surface area contributed by atoms with E-state index in [0.717, 1.165) is 17.7 Å². The van der Waals surface area contributed by atoms with Crippen LogP contribution in [0.3, 0.4) is 0 Å². The molecule has 41 heavy (non-hydrogen) atoms. The molecule has 1 spiro atoms. The Labute approximate surface area is 238 Å². The molecule has 224 valence electrons. The molecule has 0 unspecified atom stereocenters. The molecule has 0 bridgehead atoms. The number of carbonyl (C=O) groups is 4. The van der Waals surface area contributed by atoms with Gasteiger partial charge in [0, 0.05) is 41.7 Å². The van der Waals surface area contributed by atoms with Gasteiger partial charge >= 0.3 is 17.9 Å². The molecular formula is C30H39NO10. The topological polar surface area (TPSA) is 171 Å². The molecule has 2 heterocycles. The Morgan fingerprint density at radius 2 is 1.85 bits per heavy atom. The summed E-state index contributed by atoms with van der Waals surface area (Å²) in [6.45, 7) is 9.45. The van der Waals surface area contributed by atoms with Crippen LogP contribution >= 0.6 is 0 Å². The van der Waals surface area contributed by atoms with E-state index in [2.05, 4.69) is 13.8 Å². The van der Waals surface area contributed by atoms with Crippen LogP contribution in [0, 0.1) is 22.7 Å². The van der Waals surface area contributed by atoms with Crippen molar-refractivity contribution >= 4 is 23.8 Å². The highest BCUT2D eigenvalue weighted by atomic mass is 16.6. The third-order valence-corrected chi connectivity index (χ3v) is 10.6. The molecule has 5 rings (SSSR count). The highest BCUT2D eigenvalue weighted by molar-refractivity contribution is 6.02. The van der Waals surface area contributed by atoms with Crippen LogP contribution in [0.2, 0.25) is 0 Å². The van der Waals surface area contributed by atoms with E-state index in [9.17, 15) is 34.5 Å². The molecule has 4 aliphatic rings. The molecular weight excluding hydrogens is 534 g/mol. The average molecular weight is 574 g/mol. The van der Waals surface area contributed by atoms with E-state index in [1.165, 1.54) is 13.0 Å². The number of phenolic OH excluding ortho intramolecular Hbond substituents is 1. The molecule has 11 nitrogen and oxygen atoms in total. The summed E-state index contributed by atoms with van der Waals surface area (Å²) in [5.41, 5.74) is -0.874. The van der Waals surface area contributed by atoms with Crippen molar-refractivity contribution in [2.24, 2.45) is 22.7 Å². The van der Waals surface area contributed by atoms with Crippen LogP contribution in [0.5, 0.6) is 11.5 Å². The van der Waals surface area contributed by atoms with Crippen molar-refractivity contribution in [3.05, 3.63) is 22.8 Å². The second-order valence-corrected chi connectivity index (χ2v) is 13.2. The van der Waals surface area contributed by atoms with Gasteiger partial charge < -0.3 is 34.8 Å². The van der Waals surface area contributed by atoms with E-state index in [-0.39, 0.29) is 36.1 Å². The van der Waals surface area contributed by atoms with Gasteiger partial charge in [0.05, 0.1) is 18.2 Å². The van der Waals surface area contributed by atoms with Gasteiger partial charge in [-0.05, 0) is 43.6 Å². The zero-order valence-corrected chi connectivity index (χ0v) is 24.1. The van der Waals surface area contributed by atoms with Gasteiger partial charge in [-0.3, -0.25) is 14.4 Å². The SMILES string of the molecule is CC(=O)O[C@@H]1[C@@H](O)C[C@@]2(C)[C@H](CC[C@H](C)[C@]23Cc2c(O)cc4c(c2O3)CN([C@@H](CCC(=O)O)C(=O)O)C4=O)C1(C)C. The minimum absolute atomic E-state index is 0.00556. The van der Waals surface area contributed by atoms with Crippen molar-refractivity contribution in [1.82, 2.24) is 4.90 Å². The number of aliphatic hydroxyl groups excluding tert-OH is 1. The summed E-state index contributed by atoms with van der Waals surface area (Å²) in [4.78, 5) is 49.6. The summed E-state index contributed by atoms with van der Waals surface area (Å²) < 4.78 is 12.6. The Morgan fingerprint density at radius 1 is 1.17 bits per heavy atom. The maximum Gasteiger partial charge on any atom is 0.326 e. The first kappa shape index (κ1) is 29.2. The normalized spacial score (nSPS) is 33.9. The number of benzene rings is 1. The smallest absolute Gasteiger partial charge is 0.326 e. The molecule has 1 aromatic carbocycles. The van der Waals surface area contributed by atoms with Crippen molar-refractivity contribution in [2.75, 3.05) is 0 Å². The van der Waals surface area contributed by atoms with Crippen LogP contribution in [0.15, 0.2) is 6.07 Å². The van der Waals surface area contributed by atoms with E-state index in [1.54, 1.807) is 0 Å². The second-order valence-electron chi connectivity index (χ2n) is 13.2. The van der Waals surface area contributed by atoms with Crippen molar-refractivity contribution < 1.29 is 49.1 Å². The zero-order chi connectivity index (χ0) is 30.2. The highest BCUT2D eigenvalue weighted by Crippen LogP contribution is 2.67. The number of carbonyl (C=O) groups excluding carboxylic acids is 2. The summed E-state index contributed by atoms with van der Waals surface area (Å²) in [6.07, 6.45) is -0.0166. The van der Waals surface area contributed by atoms with Gasteiger partial charge in [-0.2, -0.15) is 0 Å². The van der Waals surface area contributed by atoms with Crippen molar-refractivity contribution in [3.8, 4) is 11.5 Å². The molecule has 0 saturated heterocycles. The molecule has 1 aromatic rings. The molecule has 2 fully saturated rings. The van der Waals surface area contributed by atoms with Gasteiger partial charge in [0.2, 0.25) is 0 Å². The first-order chi connectivity index (χ1) is 19.0. The summed E-state index contributed by atoms with van der Waals surface area (Å²) in [5.74, 6) is -3.26. The first-order valence-corrected chi connectivity index (χ1v) is 14.2. The Kier molecular flexibility index (Phi) is 6.83. The van der Waals surface area contributed by atoms with E-state index >= 15 is 0 Å². The number of esters is 1. The molecule has 2 aliphatic heterocycles. The third kappa shape index (κ3) is 4.18. The molecule has 2 aliphatic carbocycles. The maximum absolute atomic E-state index is 13.4. The number of ether oxygens (including phenoxy) is 2. The lowest BCUT2D eigenvalue weighted by Gasteiger charge is -2.65. The Balaban J connectivity index is 1.55. The van der Waals surface area contributed by atoms with Gasteiger partial charge in [-0.25, -0.2) is 4.79 Å². The van der Waals surface area contributed by atoms with Gasteiger partial charge in [0.1, 0.15) is 29.2 Å². The molecule has 0 radical (unpaired) electrons. The van der Waals surface area contributed by atoms with Crippen LogP contribution in [-0.4, -0.2) is 73.0 Å². The average Bonchev–Trinajstić information content (AvgIpc) is 3.41. The van der Waals surface area contributed by atoms with E-state index < -0.39 is 64.9 Å². The van der Waals surface area contributed by atoms with Crippen molar-refractivity contribution in [3.63, 3.8) is 0 Å². The number of carboxylic acid groups (broad SMARTS) is 2.